The normalized spacial score (nSPS) is 14.7. The summed E-state index contributed by atoms with van der Waals surface area (Å²) in [6, 6.07) is 47.0. The molecule has 2 aliphatic rings. The number of hydrogen-bond donors (Lipinski definition) is 0. The van der Waals surface area contributed by atoms with Crippen molar-refractivity contribution in [2.45, 2.75) is 37.5 Å². The third kappa shape index (κ3) is 4.29. The number of rotatable bonds is 3. The average Bonchev–Trinajstić information content (AvgIpc) is 3.67. The van der Waals surface area contributed by atoms with Crippen LogP contribution in [0.2, 0.25) is 0 Å². The molecule has 0 amide bonds. The predicted molar refractivity (Wildman–Crippen MR) is 197 cm³/mol. The van der Waals surface area contributed by atoms with Crippen molar-refractivity contribution < 1.29 is 4.42 Å². The summed E-state index contributed by atoms with van der Waals surface area (Å²) in [5, 5.41) is 14.4. The summed E-state index contributed by atoms with van der Waals surface area (Å²) in [4.78, 5) is 10.6. The lowest BCUT2D eigenvalue weighted by molar-refractivity contribution is 0.353. The van der Waals surface area contributed by atoms with Crippen LogP contribution in [-0.4, -0.2) is 9.97 Å². The van der Waals surface area contributed by atoms with Crippen molar-refractivity contribution in [3.05, 3.63) is 144 Å². The molecule has 0 aliphatic heterocycles. The molecule has 1 fully saturated rings. The summed E-state index contributed by atoms with van der Waals surface area (Å²) >= 11 is 0. The maximum Gasteiger partial charge on any atom is 0.160 e. The van der Waals surface area contributed by atoms with Gasteiger partial charge in [-0.3, -0.25) is 0 Å². The number of nitrogens with zero attached hydrogens (tertiary/aromatic N) is 3. The van der Waals surface area contributed by atoms with E-state index in [1.165, 1.54) is 46.9 Å². The van der Waals surface area contributed by atoms with Crippen molar-refractivity contribution in [3.8, 4) is 51.1 Å². The fourth-order valence-corrected chi connectivity index (χ4v) is 8.60. The zero-order valence-electron chi connectivity index (χ0n) is 26.9. The highest BCUT2D eigenvalue weighted by Gasteiger charge is 2.44. The molecule has 0 radical (unpaired) electrons. The van der Waals surface area contributed by atoms with Crippen molar-refractivity contribution in [1.82, 2.24) is 9.97 Å². The van der Waals surface area contributed by atoms with E-state index in [0.29, 0.717) is 5.82 Å². The average molecular weight is 630 g/mol. The minimum absolute atomic E-state index is 0.0743. The second kappa shape index (κ2) is 10.7. The molecule has 2 aliphatic carbocycles. The zero-order chi connectivity index (χ0) is 32.5. The van der Waals surface area contributed by atoms with Crippen LogP contribution in [0, 0.1) is 11.3 Å². The van der Waals surface area contributed by atoms with Crippen molar-refractivity contribution in [1.29, 1.82) is 5.26 Å². The van der Waals surface area contributed by atoms with E-state index in [-0.39, 0.29) is 5.41 Å². The van der Waals surface area contributed by atoms with E-state index in [1.807, 2.05) is 24.3 Å². The van der Waals surface area contributed by atoms with Gasteiger partial charge in [0, 0.05) is 32.9 Å². The molecule has 10 rings (SSSR count). The molecule has 0 atom stereocenters. The van der Waals surface area contributed by atoms with Gasteiger partial charge in [0.05, 0.1) is 23.0 Å². The van der Waals surface area contributed by atoms with Crippen LogP contribution in [0.25, 0.3) is 77.7 Å². The lowest BCUT2D eigenvalue weighted by Gasteiger charge is -2.36. The molecule has 2 aromatic heterocycles. The predicted octanol–water partition coefficient (Wildman–Crippen LogP) is 11.6. The first-order valence-electron chi connectivity index (χ1n) is 17.2. The fourth-order valence-electron chi connectivity index (χ4n) is 8.60. The second-order valence-electron chi connectivity index (χ2n) is 13.6. The molecule has 6 aromatic carbocycles. The van der Waals surface area contributed by atoms with Crippen LogP contribution in [0.5, 0.6) is 0 Å². The molecule has 232 valence electrons. The molecule has 8 aromatic rings. The monoisotopic (exact) mass is 629 g/mol. The van der Waals surface area contributed by atoms with Gasteiger partial charge in [0.25, 0.3) is 0 Å². The third-order valence-electron chi connectivity index (χ3n) is 10.9. The van der Waals surface area contributed by atoms with Crippen LogP contribution >= 0.6 is 0 Å². The first kappa shape index (κ1) is 28.0. The molecule has 4 nitrogen and oxygen atoms in total. The Morgan fingerprint density at radius 3 is 2.27 bits per heavy atom. The summed E-state index contributed by atoms with van der Waals surface area (Å²) in [5.41, 5.74) is 12.3. The first-order chi connectivity index (χ1) is 24.2. The lowest BCUT2D eigenvalue weighted by Crippen LogP contribution is -2.28. The van der Waals surface area contributed by atoms with Gasteiger partial charge < -0.3 is 4.42 Å². The molecular formula is C45H31N3O. The molecule has 2 heterocycles. The molecule has 1 saturated carbocycles. The van der Waals surface area contributed by atoms with E-state index in [4.69, 9.17) is 14.4 Å². The van der Waals surface area contributed by atoms with Gasteiger partial charge in [0.1, 0.15) is 11.2 Å². The van der Waals surface area contributed by atoms with E-state index in [2.05, 4.69) is 109 Å². The first-order valence-corrected chi connectivity index (χ1v) is 17.2. The Morgan fingerprint density at radius 2 is 1.37 bits per heavy atom. The number of hydrogen-bond acceptors (Lipinski definition) is 4. The highest BCUT2D eigenvalue weighted by molar-refractivity contribution is 6.06. The van der Waals surface area contributed by atoms with Gasteiger partial charge >= 0.3 is 0 Å². The molecule has 0 unspecified atom stereocenters. The van der Waals surface area contributed by atoms with Crippen molar-refractivity contribution in [3.63, 3.8) is 0 Å². The largest absolute Gasteiger partial charge is 0.456 e. The van der Waals surface area contributed by atoms with Gasteiger partial charge in [0.2, 0.25) is 0 Å². The van der Waals surface area contributed by atoms with Crippen LogP contribution in [0.15, 0.2) is 132 Å². The highest BCUT2D eigenvalue weighted by atomic mass is 16.3. The van der Waals surface area contributed by atoms with Crippen LogP contribution < -0.4 is 0 Å². The Morgan fingerprint density at radius 1 is 0.571 bits per heavy atom. The summed E-state index contributed by atoms with van der Waals surface area (Å²) < 4.78 is 6.31. The molecular weight excluding hydrogens is 599 g/mol. The Labute approximate surface area is 284 Å². The number of aromatic nitrogens is 2. The van der Waals surface area contributed by atoms with Crippen LogP contribution in [0.1, 0.15) is 48.8 Å². The second-order valence-corrected chi connectivity index (χ2v) is 13.6. The third-order valence-corrected chi connectivity index (χ3v) is 10.9. The van der Waals surface area contributed by atoms with Gasteiger partial charge in [-0.05, 0) is 88.3 Å². The van der Waals surface area contributed by atoms with E-state index in [9.17, 15) is 5.26 Å². The van der Waals surface area contributed by atoms with Gasteiger partial charge in [-0.2, -0.15) is 5.26 Å². The van der Waals surface area contributed by atoms with E-state index in [1.54, 1.807) is 0 Å². The minimum Gasteiger partial charge on any atom is -0.456 e. The number of benzene rings is 6. The van der Waals surface area contributed by atoms with Crippen LogP contribution in [0.4, 0.5) is 0 Å². The Bertz CT molecular complexity index is 2670. The maximum absolute atomic E-state index is 9.88. The maximum atomic E-state index is 9.88. The molecule has 0 bridgehead atoms. The minimum atomic E-state index is -0.0743. The van der Waals surface area contributed by atoms with Crippen molar-refractivity contribution in [2.75, 3.05) is 0 Å². The summed E-state index contributed by atoms with van der Waals surface area (Å²) in [6.45, 7) is 0. The summed E-state index contributed by atoms with van der Waals surface area (Å²) in [7, 11) is 0. The molecule has 4 heteroatoms. The topological polar surface area (TPSA) is 62.7 Å². The van der Waals surface area contributed by atoms with Gasteiger partial charge in [0.15, 0.2) is 5.82 Å². The fraction of sp³-hybridized carbons (Fsp3) is 0.133. The van der Waals surface area contributed by atoms with E-state index in [0.717, 1.165) is 73.8 Å². The smallest absolute Gasteiger partial charge is 0.160 e. The molecule has 0 saturated heterocycles. The number of para-hydroxylation sites is 1. The number of nitriles is 1. The SMILES string of the molecule is N#Cc1ccc2c(c1)C1(CCCCC1)c1cccc(-c3cc(-c4ccc5c(c4)oc4ccccc45)nc(-c4ccc5ccccc5c4)n3)c1-2. The van der Waals surface area contributed by atoms with E-state index >= 15 is 0 Å². The van der Waals surface area contributed by atoms with E-state index < -0.39 is 0 Å². The Hall–Kier alpha value is -6.05. The van der Waals surface area contributed by atoms with Crippen molar-refractivity contribution in [2.24, 2.45) is 0 Å². The molecule has 49 heavy (non-hydrogen) atoms. The van der Waals surface area contributed by atoms with Gasteiger partial charge in [-0.25, -0.2) is 9.97 Å². The quantitative estimate of drug-likeness (QED) is 0.195. The summed E-state index contributed by atoms with van der Waals surface area (Å²) in [5.74, 6) is 0.686. The Kier molecular flexibility index (Phi) is 6.14. The van der Waals surface area contributed by atoms with Gasteiger partial charge in [-0.1, -0.05) is 104 Å². The highest BCUT2D eigenvalue weighted by Crippen LogP contribution is 2.58. The zero-order valence-corrected chi connectivity index (χ0v) is 26.9. The molecule has 0 N–H and O–H groups in total. The lowest BCUT2D eigenvalue weighted by atomic mass is 9.67. The Balaban J connectivity index is 1.22. The standard InChI is InChI=1S/C45H31N3O/c46-27-28-15-19-35-38(23-28)45(21-6-1-7-22-45)37-13-8-12-36(43(35)37)40-26-39(31-18-20-34-33-11-4-5-14-41(33)49-42(34)25-31)47-44(48-40)32-17-16-29-9-2-3-10-30(29)24-32/h2-5,8-20,23-26H,1,6-7,21-22H2. The van der Waals surface area contributed by atoms with Crippen LogP contribution in [0.3, 0.4) is 0 Å². The van der Waals surface area contributed by atoms with Gasteiger partial charge in [-0.15, -0.1) is 0 Å². The number of fused-ring (bicyclic) bond motifs is 9. The summed E-state index contributed by atoms with van der Waals surface area (Å²) in [6.07, 6.45) is 5.83. The van der Waals surface area contributed by atoms with Crippen molar-refractivity contribution >= 4 is 32.7 Å². The molecule has 1 spiro atoms. The van der Waals surface area contributed by atoms with Crippen LogP contribution in [-0.2, 0) is 5.41 Å². The number of furan rings is 1.